The van der Waals surface area contributed by atoms with Crippen LogP contribution >= 0.6 is 0 Å². The summed E-state index contributed by atoms with van der Waals surface area (Å²) in [6, 6.07) is 5.34. The van der Waals surface area contributed by atoms with Crippen LogP contribution < -0.4 is 0 Å². The number of aliphatic hydroxyl groups excluding tert-OH is 1. The van der Waals surface area contributed by atoms with Gasteiger partial charge in [-0.1, -0.05) is 6.07 Å². The number of hydrogen-bond donors (Lipinski definition) is 1. The number of carbonyl (C=O) groups is 1. The van der Waals surface area contributed by atoms with E-state index in [1.165, 1.54) is 14.2 Å². The molecular formula is C14H15NO4. The minimum atomic E-state index is -0.982. The van der Waals surface area contributed by atoms with Crippen LogP contribution in [0.3, 0.4) is 0 Å². The maximum atomic E-state index is 11.6. The monoisotopic (exact) mass is 261 g/mol. The maximum absolute atomic E-state index is 11.6. The molecule has 100 valence electrons. The van der Waals surface area contributed by atoms with Gasteiger partial charge in [0, 0.05) is 12.6 Å². The zero-order valence-corrected chi connectivity index (χ0v) is 10.8. The van der Waals surface area contributed by atoms with E-state index >= 15 is 0 Å². The van der Waals surface area contributed by atoms with Gasteiger partial charge in [-0.3, -0.25) is 4.98 Å². The van der Waals surface area contributed by atoms with Crippen LogP contribution in [0.1, 0.15) is 12.1 Å². The van der Waals surface area contributed by atoms with Crippen molar-refractivity contribution in [3.8, 4) is 0 Å². The van der Waals surface area contributed by atoms with E-state index in [2.05, 4.69) is 4.98 Å². The number of methoxy groups -OCH3 is 2. The van der Waals surface area contributed by atoms with Crippen LogP contribution in [0.4, 0.5) is 0 Å². The number of allylic oxidation sites excluding steroid dienone is 2. The Labute approximate surface area is 111 Å². The first-order chi connectivity index (χ1) is 9.16. The molecule has 0 spiro atoms. The molecule has 0 unspecified atom stereocenters. The number of aliphatic hydroxyl groups is 1. The fourth-order valence-corrected chi connectivity index (χ4v) is 2.10. The molecule has 0 bridgehead atoms. The second kappa shape index (κ2) is 5.14. The molecule has 1 N–H and O–H groups in total. The minimum Gasteiger partial charge on any atom is -0.502 e. The van der Waals surface area contributed by atoms with Crippen LogP contribution in [0, 0.1) is 0 Å². The van der Waals surface area contributed by atoms with Gasteiger partial charge in [0.1, 0.15) is 12.0 Å². The molecule has 1 heterocycles. The van der Waals surface area contributed by atoms with Gasteiger partial charge < -0.3 is 19.4 Å². The van der Waals surface area contributed by atoms with E-state index < -0.39 is 5.41 Å². The summed E-state index contributed by atoms with van der Waals surface area (Å²) in [5.41, 5.74) is -0.397. The van der Waals surface area contributed by atoms with Crippen molar-refractivity contribution in [2.75, 3.05) is 14.2 Å². The molecule has 1 aromatic rings. The maximum Gasteiger partial charge on any atom is 0.196 e. The minimum absolute atomic E-state index is 0.0848. The summed E-state index contributed by atoms with van der Waals surface area (Å²) < 4.78 is 10.2. The highest BCUT2D eigenvalue weighted by molar-refractivity contribution is 5.73. The van der Waals surface area contributed by atoms with Crippen LogP contribution in [-0.4, -0.2) is 30.6 Å². The number of aldehydes is 1. The lowest BCUT2D eigenvalue weighted by Crippen LogP contribution is -2.32. The van der Waals surface area contributed by atoms with Gasteiger partial charge in [0.15, 0.2) is 11.5 Å². The second-order valence-corrected chi connectivity index (χ2v) is 4.24. The third-order valence-corrected chi connectivity index (χ3v) is 3.16. The van der Waals surface area contributed by atoms with Crippen molar-refractivity contribution < 1.29 is 19.4 Å². The molecule has 0 saturated carbocycles. The van der Waals surface area contributed by atoms with Crippen molar-refractivity contribution in [3.05, 3.63) is 53.4 Å². The highest BCUT2D eigenvalue weighted by Gasteiger charge is 2.39. The normalized spacial score (nSPS) is 22.7. The molecule has 0 aromatic carbocycles. The van der Waals surface area contributed by atoms with Crippen molar-refractivity contribution in [1.82, 2.24) is 4.98 Å². The standard InChI is InChI=1S/C14H15NO4/c1-18-10-7-14(9-16,8-11(19-2)13(10)17)12-5-3-4-6-15-12/h3-7,9,17H,8H2,1-2H3/t14-/m0/s1. The lowest BCUT2D eigenvalue weighted by Gasteiger charge is -2.29. The van der Waals surface area contributed by atoms with Crippen molar-refractivity contribution in [2.24, 2.45) is 0 Å². The molecule has 19 heavy (non-hydrogen) atoms. The van der Waals surface area contributed by atoms with Gasteiger partial charge in [-0.25, -0.2) is 0 Å². The quantitative estimate of drug-likeness (QED) is 0.838. The van der Waals surface area contributed by atoms with Crippen molar-refractivity contribution in [2.45, 2.75) is 11.8 Å². The Bertz CT molecular complexity index is 536. The van der Waals surface area contributed by atoms with E-state index in [4.69, 9.17) is 9.47 Å². The van der Waals surface area contributed by atoms with Gasteiger partial charge in [-0.2, -0.15) is 0 Å². The van der Waals surface area contributed by atoms with Crippen molar-refractivity contribution in [1.29, 1.82) is 0 Å². The van der Waals surface area contributed by atoms with E-state index in [1.54, 1.807) is 30.5 Å². The molecule has 5 heteroatoms. The Morgan fingerprint density at radius 2 is 2.16 bits per heavy atom. The summed E-state index contributed by atoms with van der Waals surface area (Å²) in [5.74, 6) is 0.427. The van der Waals surface area contributed by atoms with Crippen LogP contribution in [0.15, 0.2) is 47.7 Å². The third-order valence-electron chi connectivity index (χ3n) is 3.16. The van der Waals surface area contributed by atoms with Crippen LogP contribution in [0.2, 0.25) is 0 Å². The lowest BCUT2D eigenvalue weighted by molar-refractivity contribution is -0.111. The second-order valence-electron chi connectivity index (χ2n) is 4.24. The summed E-state index contributed by atoms with van der Waals surface area (Å²) in [4.78, 5) is 15.8. The molecule has 0 saturated heterocycles. The summed E-state index contributed by atoms with van der Waals surface area (Å²) in [5, 5.41) is 9.93. The van der Waals surface area contributed by atoms with E-state index in [0.29, 0.717) is 11.5 Å². The van der Waals surface area contributed by atoms with Gasteiger partial charge >= 0.3 is 0 Å². The molecule has 5 nitrogen and oxygen atoms in total. The van der Waals surface area contributed by atoms with Crippen LogP contribution in [0.5, 0.6) is 0 Å². The van der Waals surface area contributed by atoms with Crippen LogP contribution in [0.25, 0.3) is 0 Å². The molecule has 0 aliphatic heterocycles. The molecule has 1 aromatic heterocycles. The van der Waals surface area contributed by atoms with Gasteiger partial charge in [0.05, 0.1) is 25.3 Å². The van der Waals surface area contributed by atoms with Crippen molar-refractivity contribution in [3.63, 3.8) is 0 Å². The summed E-state index contributed by atoms with van der Waals surface area (Å²) in [6.45, 7) is 0. The average molecular weight is 261 g/mol. The fraction of sp³-hybridized carbons (Fsp3) is 0.286. The number of carbonyl (C=O) groups excluding carboxylic acids is 1. The topological polar surface area (TPSA) is 68.7 Å². The predicted molar refractivity (Wildman–Crippen MR) is 68.4 cm³/mol. The molecular weight excluding hydrogens is 246 g/mol. The zero-order chi connectivity index (χ0) is 13.9. The molecule has 1 aliphatic rings. The molecule has 1 aliphatic carbocycles. The highest BCUT2D eigenvalue weighted by Crippen LogP contribution is 2.37. The largest absolute Gasteiger partial charge is 0.502 e. The summed E-state index contributed by atoms with van der Waals surface area (Å²) in [7, 11) is 2.87. The Morgan fingerprint density at radius 3 is 2.68 bits per heavy atom. The van der Waals surface area contributed by atoms with Gasteiger partial charge in [-0.15, -0.1) is 0 Å². The summed E-state index contributed by atoms with van der Waals surface area (Å²) >= 11 is 0. The average Bonchev–Trinajstić information content (AvgIpc) is 2.49. The molecule has 1 atom stereocenters. The number of rotatable bonds is 4. The summed E-state index contributed by atoms with van der Waals surface area (Å²) in [6.07, 6.45) is 4.19. The smallest absolute Gasteiger partial charge is 0.196 e. The Hall–Kier alpha value is -2.30. The predicted octanol–water partition coefficient (Wildman–Crippen LogP) is 1.87. The first kappa shape index (κ1) is 13.1. The first-order valence-corrected chi connectivity index (χ1v) is 5.78. The molecule has 0 amide bonds. The first-order valence-electron chi connectivity index (χ1n) is 5.78. The number of aromatic nitrogens is 1. The Kier molecular flexibility index (Phi) is 3.55. The van der Waals surface area contributed by atoms with Crippen LogP contribution in [-0.2, 0) is 19.7 Å². The third kappa shape index (κ3) is 2.19. The van der Waals surface area contributed by atoms with Gasteiger partial charge in [0.2, 0.25) is 0 Å². The number of hydrogen-bond acceptors (Lipinski definition) is 5. The number of ether oxygens (including phenoxy) is 2. The van der Waals surface area contributed by atoms with E-state index in [1.807, 2.05) is 0 Å². The SMILES string of the molecule is COC1=C[C@](C=O)(c2ccccn2)CC(OC)=C1O. The zero-order valence-electron chi connectivity index (χ0n) is 10.8. The van der Waals surface area contributed by atoms with E-state index in [0.717, 1.165) is 6.29 Å². The Balaban J connectivity index is 2.55. The van der Waals surface area contributed by atoms with Gasteiger partial charge in [-0.05, 0) is 18.2 Å². The van der Waals surface area contributed by atoms with Gasteiger partial charge in [0.25, 0.3) is 0 Å². The van der Waals surface area contributed by atoms with Crippen molar-refractivity contribution >= 4 is 6.29 Å². The lowest BCUT2D eigenvalue weighted by atomic mass is 9.78. The van der Waals surface area contributed by atoms with E-state index in [-0.39, 0.29) is 17.9 Å². The number of pyridine rings is 1. The molecule has 0 fully saturated rings. The number of nitrogens with zero attached hydrogens (tertiary/aromatic N) is 1. The molecule has 0 radical (unpaired) electrons. The fourth-order valence-electron chi connectivity index (χ4n) is 2.10. The Morgan fingerprint density at radius 1 is 1.37 bits per heavy atom. The molecule has 2 rings (SSSR count). The van der Waals surface area contributed by atoms with E-state index in [9.17, 15) is 9.90 Å². The highest BCUT2D eigenvalue weighted by atomic mass is 16.5.